The van der Waals surface area contributed by atoms with E-state index in [0.29, 0.717) is 12.1 Å². The second-order valence-electron chi connectivity index (χ2n) is 5.86. The fourth-order valence-corrected chi connectivity index (χ4v) is 2.51. The van der Waals surface area contributed by atoms with Crippen molar-refractivity contribution >= 4 is 16.9 Å². The molecule has 1 N–H and O–H groups in total. The molecule has 124 valence electrons. The lowest BCUT2D eigenvalue weighted by molar-refractivity contribution is 0.0953. The Labute approximate surface area is 141 Å². The lowest BCUT2D eigenvalue weighted by atomic mass is 10.1. The first-order chi connectivity index (χ1) is 11.6. The summed E-state index contributed by atoms with van der Waals surface area (Å²) in [4.78, 5) is 25.3. The van der Waals surface area contributed by atoms with Crippen molar-refractivity contribution in [1.29, 1.82) is 0 Å². The summed E-state index contributed by atoms with van der Waals surface area (Å²) in [5, 5.41) is 2.96. The summed E-state index contributed by atoms with van der Waals surface area (Å²) < 4.78 is 2.04. The second kappa shape index (κ2) is 7.21. The van der Waals surface area contributed by atoms with Crippen molar-refractivity contribution in [3.63, 3.8) is 0 Å². The summed E-state index contributed by atoms with van der Waals surface area (Å²) >= 11 is 0. The third-order valence-corrected chi connectivity index (χ3v) is 4.03. The monoisotopic (exact) mass is 323 g/mol. The molecule has 0 aliphatic heterocycles. The van der Waals surface area contributed by atoms with Gasteiger partial charge in [-0.05, 0) is 44.9 Å². The van der Waals surface area contributed by atoms with Crippen LogP contribution < -0.4 is 5.32 Å². The van der Waals surface area contributed by atoms with Gasteiger partial charge in [0.15, 0.2) is 0 Å². The van der Waals surface area contributed by atoms with Gasteiger partial charge in [-0.2, -0.15) is 0 Å². The van der Waals surface area contributed by atoms with Crippen molar-refractivity contribution in [3.05, 3.63) is 53.9 Å². The number of imidazole rings is 1. The highest BCUT2D eigenvalue weighted by Crippen LogP contribution is 2.14. The van der Waals surface area contributed by atoms with Gasteiger partial charge in [0.2, 0.25) is 0 Å². The number of carbonyl (C=O) groups is 1. The van der Waals surface area contributed by atoms with E-state index >= 15 is 0 Å². The number of benzene rings is 1. The average molecular weight is 323 g/mol. The first-order valence-corrected chi connectivity index (χ1v) is 8.12. The Morgan fingerprint density at radius 2 is 1.92 bits per heavy atom. The highest BCUT2D eigenvalue weighted by atomic mass is 16.1. The Morgan fingerprint density at radius 3 is 2.67 bits per heavy atom. The third-order valence-electron chi connectivity index (χ3n) is 4.03. The summed E-state index contributed by atoms with van der Waals surface area (Å²) in [6.45, 7) is 5.44. The van der Waals surface area contributed by atoms with E-state index in [9.17, 15) is 4.79 Å². The molecule has 1 aromatic carbocycles. The van der Waals surface area contributed by atoms with Crippen LogP contribution in [0.4, 0.5) is 0 Å². The van der Waals surface area contributed by atoms with Crippen molar-refractivity contribution in [1.82, 2.24) is 24.8 Å². The zero-order valence-corrected chi connectivity index (χ0v) is 14.0. The summed E-state index contributed by atoms with van der Waals surface area (Å²) in [6.07, 6.45) is 7.44. The highest BCUT2D eigenvalue weighted by molar-refractivity contribution is 5.97. The second-order valence-corrected chi connectivity index (χ2v) is 5.86. The van der Waals surface area contributed by atoms with Crippen LogP contribution in [0, 0.1) is 13.8 Å². The maximum atomic E-state index is 12.3. The minimum Gasteiger partial charge on any atom is -0.352 e. The molecule has 0 saturated carbocycles. The predicted molar refractivity (Wildman–Crippen MR) is 92.8 cm³/mol. The molecule has 0 atom stereocenters. The van der Waals surface area contributed by atoms with Crippen molar-refractivity contribution in [2.24, 2.45) is 0 Å². The Bertz CT molecular complexity index is 842. The molecule has 2 aromatic heterocycles. The number of aryl methyl sites for hydroxylation is 3. The van der Waals surface area contributed by atoms with Crippen molar-refractivity contribution in [3.8, 4) is 0 Å². The molecule has 1 amide bonds. The molecule has 0 bridgehead atoms. The van der Waals surface area contributed by atoms with Crippen LogP contribution in [-0.2, 0) is 6.54 Å². The van der Waals surface area contributed by atoms with E-state index in [0.717, 1.165) is 41.8 Å². The number of fused-ring (bicyclic) bond motifs is 1. The van der Waals surface area contributed by atoms with Crippen molar-refractivity contribution < 1.29 is 4.79 Å². The minimum absolute atomic E-state index is 0.0699. The van der Waals surface area contributed by atoms with Crippen molar-refractivity contribution in [2.45, 2.75) is 33.2 Å². The Hall–Kier alpha value is -2.76. The summed E-state index contributed by atoms with van der Waals surface area (Å²) in [5.74, 6) is -0.0699. The molecule has 2 heterocycles. The fourth-order valence-electron chi connectivity index (χ4n) is 2.51. The van der Waals surface area contributed by atoms with E-state index in [-0.39, 0.29) is 5.91 Å². The first kappa shape index (κ1) is 16.1. The molecule has 24 heavy (non-hydrogen) atoms. The van der Waals surface area contributed by atoms with Crippen LogP contribution in [0.3, 0.4) is 0 Å². The Kier molecular flexibility index (Phi) is 4.84. The summed E-state index contributed by atoms with van der Waals surface area (Å²) in [7, 11) is 0. The zero-order valence-electron chi connectivity index (χ0n) is 14.0. The molecular formula is C18H21N5O. The van der Waals surface area contributed by atoms with Gasteiger partial charge >= 0.3 is 0 Å². The van der Waals surface area contributed by atoms with Gasteiger partial charge < -0.3 is 9.88 Å². The fraction of sp³-hybridized carbons (Fsp3) is 0.333. The molecule has 0 aliphatic rings. The molecule has 6 nitrogen and oxygen atoms in total. The number of carbonyl (C=O) groups excluding carboxylic acids is 1. The van der Waals surface area contributed by atoms with Gasteiger partial charge in [0.05, 0.1) is 28.7 Å². The van der Waals surface area contributed by atoms with E-state index in [1.807, 2.05) is 30.7 Å². The maximum Gasteiger partial charge on any atom is 0.251 e. The van der Waals surface area contributed by atoms with Gasteiger partial charge in [0, 0.05) is 31.0 Å². The number of hydrogen-bond donors (Lipinski definition) is 1. The smallest absolute Gasteiger partial charge is 0.251 e. The quantitative estimate of drug-likeness (QED) is 0.708. The highest BCUT2D eigenvalue weighted by Gasteiger charge is 2.08. The van der Waals surface area contributed by atoms with E-state index in [4.69, 9.17) is 0 Å². The summed E-state index contributed by atoms with van der Waals surface area (Å²) in [5.41, 5.74) is 3.99. The molecule has 0 fully saturated rings. The van der Waals surface area contributed by atoms with Crippen LogP contribution in [0.25, 0.3) is 11.0 Å². The van der Waals surface area contributed by atoms with E-state index in [1.54, 1.807) is 24.7 Å². The Morgan fingerprint density at radius 1 is 1.12 bits per heavy atom. The number of amides is 1. The molecule has 0 aliphatic carbocycles. The lowest BCUT2D eigenvalue weighted by Gasteiger charge is -2.07. The van der Waals surface area contributed by atoms with E-state index in [2.05, 4.69) is 20.3 Å². The molecule has 0 spiro atoms. The van der Waals surface area contributed by atoms with Crippen LogP contribution in [0.1, 0.15) is 34.6 Å². The van der Waals surface area contributed by atoms with Crippen LogP contribution in [0.2, 0.25) is 0 Å². The van der Waals surface area contributed by atoms with E-state index in [1.165, 1.54) is 0 Å². The first-order valence-electron chi connectivity index (χ1n) is 8.12. The normalized spacial score (nSPS) is 10.9. The lowest BCUT2D eigenvalue weighted by Crippen LogP contribution is -2.24. The molecule has 6 heteroatoms. The van der Waals surface area contributed by atoms with Gasteiger partial charge in [0.1, 0.15) is 0 Å². The standard InChI is InChI=1S/C18H21N5O/c1-13-14(2)22-17-11-15(5-6-16(17)21-13)18(24)20-7-3-4-9-23-10-8-19-12-23/h5-6,8,10-12H,3-4,7,9H2,1-2H3,(H,20,24). The van der Waals surface area contributed by atoms with Crippen LogP contribution >= 0.6 is 0 Å². The molecule has 0 saturated heterocycles. The number of nitrogens with one attached hydrogen (secondary N) is 1. The molecule has 3 rings (SSSR count). The molecule has 3 aromatic rings. The largest absolute Gasteiger partial charge is 0.352 e. The topological polar surface area (TPSA) is 72.7 Å². The van der Waals surface area contributed by atoms with Crippen LogP contribution in [-0.4, -0.2) is 32.0 Å². The van der Waals surface area contributed by atoms with Crippen LogP contribution in [0.5, 0.6) is 0 Å². The van der Waals surface area contributed by atoms with E-state index < -0.39 is 0 Å². The minimum atomic E-state index is -0.0699. The number of nitrogens with zero attached hydrogens (tertiary/aromatic N) is 4. The average Bonchev–Trinajstić information content (AvgIpc) is 3.08. The van der Waals surface area contributed by atoms with Gasteiger partial charge in [-0.3, -0.25) is 4.79 Å². The Balaban J connectivity index is 1.54. The van der Waals surface area contributed by atoms with Gasteiger partial charge in [-0.15, -0.1) is 0 Å². The maximum absolute atomic E-state index is 12.3. The predicted octanol–water partition coefficient (Wildman–Crippen LogP) is 2.65. The van der Waals surface area contributed by atoms with Crippen LogP contribution in [0.15, 0.2) is 36.9 Å². The third kappa shape index (κ3) is 3.76. The number of unbranched alkanes of at least 4 members (excludes halogenated alkanes) is 1. The zero-order chi connectivity index (χ0) is 16.9. The number of hydrogen-bond acceptors (Lipinski definition) is 4. The molecular weight excluding hydrogens is 302 g/mol. The van der Waals surface area contributed by atoms with Gasteiger partial charge in [0.25, 0.3) is 5.91 Å². The summed E-state index contributed by atoms with van der Waals surface area (Å²) in [6, 6.07) is 5.45. The SMILES string of the molecule is Cc1nc2ccc(C(=O)NCCCCn3ccnc3)cc2nc1C. The van der Waals surface area contributed by atoms with Gasteiger partial charge in [-0.25, -0.2) is 15.0 Å². The van der Waals surface area contributed by atoms with Gasteiger partial charge in [-0.1, -0.05) is 0 Å². The number of rotatable bonds is 6. The molecule has 0 unspecified atom stereocenters. The van der Waals surface area contributed by atoms with Crippen molar-refractivity contribution in [2.75, 3.05) is 6.54 Å². The number of aromatic nitrogens is 4. The molecule has 0 radical (unpaired) electrons.